The predicted octanol–water partition coefficient (Wildman–Crippen LogP) is 3.41. The first kappa shape index (κ1) is 18.6. The molecule has 1 aromatic carbocycles. The van der Waals surface area contributed by atoms with E-state index in [0.29, 0.717) is 16.0 Å². The highest BCUT2D eigenvalue weighted by atomic mass is 35.5. The van der Waals surface area contributed by atoms with Gasteiger partial charge in [-0.15, -0.1) is 0 Å². The van der Waals surface area contributed by atoms with Gasteiger partial charge in [0.1, 0.15) is 11.1 Å². The zero-order chi connectivity index (χ0) is 20.0. The number of aromatic hydroxyl groups is 1. The zero-order valence-electron chi connectivity index (χ0n) is 14.5. The Morgan fingerprint density at radius 2 is 1.82 bits per heavy atom. The Morgan fingerprint density at radius 1 is 1.14 bits per heavy atom. The van der Waals surface area contributed by atoms with Crippen molar-refractivity contribution >= 4 is 45.8 Å². The van der Waals surface area contributed by atoms with Crippen LogP contribution in [0.25, 0.3) is 10.9 Å². The molecule has 0 radical (unpaired) electrons. The standard InChI is InChI=1S/C19H15Cl2N3O4/c20-14-8-24(28)9-15(21)17(14)22-19(27)18(26)13-7-23(6-10-1-2-10)16-4-3-11(25)5-12(13)16/h3-5,7-10,25,28H,1-2,6H2. The number of halogens is 2. The molecule has 0 bridgehead atoms. The average molecular weight is 420 g/mol. The van der Waals surface area contributed by atoms with Gasteiger partial charge in [-0.1, -0.05) is 23.2 Å². The highest BCUT2D eigenvalue weighted by Gasteiger charge is 2.26. The SMILES string of the molecule is O=C(N=c1c(Cl)cn(O)cc1Cl)C(=O)c1cn(CC2CC2)c2ccc(O)cc12. The summed E-state index contributed by atoms with van der Waals surface area (Å²) in [5.41, 5.74) is 0.915. The van der Waals surface area contributed by atoms with Crippen molar-refractivity contribution in [3.05, 3.63) is 57.8 Å². The van der Waals surface area contributed by atoms with Crippen molar-refractivity contribution in [1.82, 2.24) is 9.30 Å². The van der Waals surface area contributed by atoms with Crippen LogP contribution in [0.15, 0.2) is 41.8 Å². The maximum absolute atomic E-state index is 12.8. The summed E-state index contributed by atoms with van der Waals surface area (Å²) >= 11 is 11.9. The van der Waals surface area contributed by atoms with Crippen molar-refractivity contribution in [1.29, 1.82) is 0 Å². The normalized spacial score (nSPS) is 13.6. The monoisotopic (exact) mass is 419 g/mol. The van der Waals surface area contributed by atoms with E-state index < -0.39 is 11.7 Å². The van der Waals surface area contributed by atoms with Gasteiger partial charge in [-0.05, 0) is 37.0 Å². The van der Waals surface area contributed by atoms with Crippen molar-refractivity contribution < 1.29 is 19.9 Å². The predicted molar refractivity (Wildman–Crippen MR) is 103 cm³/mol. The fraction of sp³-hybridized carbons (Fsp3) is 0.211. The number of fused-ring (bicyclic) bond motifs is 1. The molecule has 0 spiro atoms. The number of hydrogen-bond acceptors (Lipinski definition) is 4. The smallest absolute Gasteiger partial charge is 0.318 e. The summed E-state index contributed by atoms with van der Waals surface area (Å²) in [6, 6.07) is 4.71. The summed E-state index contributed by atoms with van der Waals surface area (Å²) in [5.74, 6) is -1.33. The van der Waals surface area contributed by atoms with Crippen molar-refractivity contribution in [3.63, 3.8) is 0 Å². The molecule has 1 saturated carbocycles. The molecular formula is C19H15Cl2N3O4. The van der Waals surface area contributed by atoms with Crippen molar-refractivity contribution in [2.24, 2.45) is 10.9 Å². The van der Waals surface area contributed by atoms with E-state index in [9.17, 15) is 19.9 Å². The van der Waals surface area contributed by atoms with Crippen LogP contribution in [0.1, 0.15) is 23.2 Å². The van der Waals surface area contributed by atoms with Crippen LogP contribution < -0.4 is 5.36 Å². The van der Waals surface area contributed by atoms with E-state index in [4.69, 9.17) is 23.2 Å². The Hall–Kier alpha value is -2.77. The Morgan fingerprint density at radius 3 is 2.46 bits per heavy atom. The number of pyridine rings is 1. The fourth-order valence-corrected chi connectivity index (χ4v) is 3.61. The number of nitrogens with zero attached hydrogens (tertiary/aromatic N) is 3. The van der Waals surface area contributed by atoms with Crippen molar-refractivity contribution in [3.8, 4) is 5.75 Å². The van der Waals surface area contributed by atoms with Gasteiger partial charge in [0.05, 0.1) is 28.0 Å². The lowest BCUT2D eigenvalue weighted by Crippen LogP contribution is -2.18. The highest BCUT2D eigenvalue weighted by molar-refractivity contribution is 6.45. The Bertz CT molecular complexity index is 1170. The average Bonchev–Trinajstić information content (AvgIpc) is 3.38. The van der Waals surface area contributed by atoms with Crippen molar-refractivity contribution in [2.75, 3.05) is 0 Å². The summed E-state index contributed by atoms with van der Waals surface area (Å²) in [7, 11) is 0. The van der Waals surface area contributed by atoms with Gasteiger partial charge in [0.25, 0.3) is 5.78 Å². The maximum atomic E-state index is 12.8. The van der Waals surface area contributed by atoms with Gasteiger partial charge in [-0.3, -0.25) is 9.59 Å². The number of rotatable bonds is 4. The molecule has 1 aliphatic carbocycles. The van der Waals surface area contributed by atoms with Gasteiger partial charge in [-0.25, -0.2) is 4.99 Å². The lowest BCUT2D eigenvalue weighted by molar-refractivity contribution is -0.114. The van der Waals surface area contributed by atoms with E-state index in [1.807, 2.05) is 4.57 Å². The summed E-state index contributed by atoms with van der Waals surface area (Å²) < 4.78 is 2.55. The first-order chi connectivity index (χ1) is 13.3. The molecule has 0 saturated heterocycles. The Labute approximate surface area is 169 Å². The first-order valence-corrected chi connectivity index (χ1v) is 9.31. The molecule has 2 heterocycles. The fourth-order valence-electron chi connectivity index (χ4n) is 3.08. The molecule has 3 aromatic rings. The number of benzene rings is 1. The molecule has 2 N–H and O–H groups in total. The lowest BCUT2D eigenvalue weighted by atomic mass is 10.1. The number of aromatic nitrogens is 2. The lowest BCUT2D eigenvalue weighted by Gasteiger charge is -2.03. The van der Waals surface area contributed by atoms with E-state index in [1.54, 1.807) is 18.3 Å². The summed E-state index contributed by atoms with van der Waals surface area (Å²) in [6.07, 6.45) is 6.08. The molecule has 1 fully saturated rings. The molecule has 1 aliphatic rings. The quantitative estimate of drug-likeness (QED) is 0.384. The highest BCUT2D eigenvalue weighted by Crippen LogP contribution is 2.34. The molecule has 144 valence electrons. The zero-order valence-corrected chi connectivity index (χ0v) is 16.0. The van der Waals surface area contributed by atoms with Gasteiger partial charge in [0.2, 0.25) is 0 Å². The minimum absolute atomic E-state index is 0.00300. The molecule has 0 unspecified atom stereocenters. The first-order valence-electron chi connectivity index (χ1n) is 8.55. The second-order valence-corrected chi connectivity index (χ2v) is 7.58. The van der Waals surface area contributed by atoms with Crippen LogP contribution in [0, 0.1) is 5.92 Å². The summed E-state index contributed by atoms with van der Waals surface area (Å²) in [5, 5.41) is 19.4. The van der Waals surface area contributed by atoms with E-state index in [0.717, 1.165) is 37.3 Å². The van der Waals surface area contributed by atoms with E-state index in [1.165, 1.54) is 6.07 Å². The number of carbonyl (C=O) groups is 2. The second-order valence-electron chi connectivity index (χ2n) is 6.77. The number of phenols is 1. The molecule has 0 aliphatic heterocycles. The molecular weight excluding hydrogens is 405 g/mol. The minimum Gasteiger partial charge on any atom is -0.508 e. The van der Waals surface area contributed by atoms with E-state index in [-0.39, 0.29) is 26.7 Å². The van der Waals surface area contributed by atoms with Gasteiger partial charge < -0.3 is 14.9 Å². The molecule has 9 heteroatoms. The molecule has 7 nitrogen and oxygen atoms in total. The third kappa shape index (κ3) is 3.50. The van der Waals surface area contributed by atoms with Gasteiger partial charge in [0.15, 0.2) is 0 Å². The van der Waals surface area contributed by atoms with Crippen LogP contribution in [-0.4, -0.2) is 31.3 Å². The second kappa shape index (κ2) is 7.00. The van der Waals surface area contributed by atoms with Crippen LogP contribution in [0.3, 0.4) is 0 Å². The van der Waals surface area contributed by atoms with Crippen molar-refractivity contribution in [2.45, 2.75) is 19.4 Å². The third-order valence-corrected chi connectivity index (χ3v) is 5.17. The molecule has 4 rings (SSSR count). The Balaban J connectivity index is 1.77. The molecule has 2 aromatic heterocycles. The summed E-state index contributed by atoms with van der Waals surface area (Å²) in [6.45, 7) is 0.743. The largest absolute Gasteiger partial charge is 0.508 e. The number of ketones is 1. The minimum atomic E-state index is -1.05. The van der Waals surface area contributed by atoms with Crippen LogP contribution >= 0.6 is 23.2 Å². The van der Waals surface area contributed by atoms with Gasteiger partial charge in [0, 0.05) is 23.6 Å². The van der Waals surface area contributed by atoms with E-state index in [2.05, 4.69) is 4.99 Å². The number of phenolic OH excluding ortho intramolecular Hbond substituents is 1. The third-order valence-electron chi connectivity index (χ3n) is 4.61. The number of Topliss-reactive ketones (excluding diaryl/α,β-unsaturated/α-hetero) is 1. The molecule has 1 amide bonds. The van der Waals surface area contributed by atoms with Gasteiger partial charge in [-0.2, -0.15) is 4.73 Å². The van der Waals surface area contributed by atoms with E-state index >= 15 is 0 Å². The van der Waals surface area contributed by atoms with Crippen LogP contribution in [0.4, 0.5) is 0 Å². The topological polar surface area (TPSA) is 96.8 Å². The number of amides is 1. The van der Waals surface area contributed by atoms with Crippen LogP contribution in [-0.2, 0) is 11.3 Å². The summed E-state index contributed by atoms with van der Waals surface area (Å²) in [4.78, 5) is 29.0. The number of carbonyl (C=O) groups excluding carboxylic acids is 2. The maximum Gasteiger partial charge on any atom is 0.318 e. The van der Waals surface area contributed by atoms with Gasteiger partial charge >= 0.3 is 5.91 Å². The van der Waals surface area contributed by atoms with Crippen LogP contribution in [0.2, 0.25) is 10.0 Å². The molecule has 28 heavy (non-hydrogen) atoms. The molecule has 0 atom stereocenters. The number of hydrogen-bond donors (Lipinski definition) is 2. The van der Waals surface area contributed by atoms with Crippen LogP contribution in [0.5, 0.6) is 5.75 Å². The Kier molecular flexibility index (Phi) is 4.64.